The molecule has 1 atom stereocenters. The van der Waals surface area contributed by atoms with Gasteiger partial charge in [0.15, 0.2) is 5.69 Å². The highest BCUT2D eigenvalue weighted by Gasteiger charge is 2.29. The minimum Gasteiger partial charge on any atom is -0.392 e. The van der Waals surface area contributed by atoms with E-state index in [2.05, 4.69) is 13.8 Å². The molecule has 0 aliphatic heterocycles. The molecule has 1 aromatic heterocycles. The van der Waals surface area contributed by atoms with Gasteiger partial charge in [-0.15, -0.1) is 0 Å². The number of carbonyl (C=O) groups excluding carboxylic acids is 1. The van der Waals surface area contributed by atoms with Crippen molar-refractivity contribution in [2.24, 2.45) is 0 Å². The Morgan fingerprint density at radius 3 is 2.42 bits per heavy atom. The van der Waals surface area contributed by atoms with Crippen LogP contribution >= 0.6 is 23.2 Å². The lowest BCUT2D eigenvalue weighted by atomic mass is 10.0. The van der Waals surface area contributed by atoms with E-state index in [0.717, 1.165) is 36.8 Å². The van der Waals surface area contributed by atoms with Gasteiger partial charge in [0.25, 0.3) is 5.91 Å². The van der Waals surface area contributed by atoms with Crippen molar-refractivity contribution >= 4 is 29.1 Å². The predicted octanol–water partition coefficient (Wildman–Crippen LogP) is 6.69. The first-order chi connectivity index (χ1) is 15.8. The molecule has 33 heavy (non-hydrogen) atoms. The van der Waals surface area contributed by atoms with Crippen molar-refractivity contribution in [3.63, 3.8) is 0 Å². The highest BCUT2D eigenvalue weighted by Crippen LogP contribution is 2.34. The third kappa shape index (κ3) is 5.43. The highest BCUT2D eigenvalue weighted by molar-refractivity contribution is 6.35. The Morgan fingerprint density at radius 1 is 1.15 bits per heavy atom. The van der Waals surface area contributed by atoms with Crippen molar-refractivity contribution in [2.45, 2.75) is 59.1 Å². The summed E-state index contributed by atoms with van der Waals surface area (Å²) in [4.78, 5) is 15.3. The van der Waals surface area contributed by atoms with Crippen LogP contribution in [0.4, 0.5) is 0 Å². The van der Waals surface area contributed by atoms with Crippen molar-refractivity contribution in [3.8, 4) is 16.9 Å². The van der Waals surface area contributed by atoms with Gasteiger partial charge in [-0.1, -0.05) is 79.7 Å². The zero-order valence-corrected chi connectivity index (χ0v) is 21.1. The summed E-state index contributed by atoms with van der Waals surface area (Å²) in [5.74, 6) is -0.209. The second-order valence-electron chi connectivity index (χ2n) is 8.33. The van der Waals surface area contributed by atoms with Crippen molar-refractivity contribution in [1.82, 2.24) is 14.7 Å². The van der Waals surface area contributed by atoms with Crippen LogP contribution in [0.25, 0.3) is 16.9 Å². The molecule has 0 aliphatic carbocycles. The van der Waals surface area contributed by atoms with Gasteiger partial charge in [-0.2, -0.15) is 5.10 Å². The monoisotopic (exact) mass is 487 g/mol. The SMILES string of the molecule is CCCCC(CC)N(C)C(=O)c1nn(-c2ccc(Cl)cc2Cl)c(-c2ccc(C)cc2)c1CO. The molecule has 1 N–H and O–H groups in total. The third-order valence-corrected chi connectivity index (χ3v) is 6.58. The number of nitrogens with zero attached hydrogens (tertiary/aromatic N) is 3. The summed E-state index contributed by atoms with van der Waals surface area (Å²) in [5, 5.41) is 16.0. The number of hydrogen-bond donors (Lipinski definition) is 1. The fourth-order valence-corrected chi connectivity index (χ4v) is 4.54. The highest BCUT2D eigenvalue weighted by atomic mass is 35.5. The maximum Gasteiger partial charge on any atom is 0.274 e. The molecular weight excluding hydrogens is 457 g/mol. The quantitative estimate of drug-likeness (QED) is 0.365. The first-order valence-corrected chi connectivity index (χ1v) is 12.1. The van der Waals surface area contributed by atoms with Gasteiger partial charge in [0.1, 0.15) is 0 Å². The number of aryl methyl sites for hydroxylation is 1. The van der Waals surface area contributed by atoms with Crippen molar-refractivity contribution in [3.05, 3.63) is 69.3 Å². The van der Waals surface area contributed by atoms with Crippen LogP contribution in [0.2, 0.25) is 10.0 Å². The minimum atomic E-state index is -0.324. The van der Waals surface area contributed by atoms with E-state index in [4.69, 9.17) is 28.3 Å². The molecule has 1 unspecified atom stereocenters. The van der Waals surface area contributed by atoms with Crippen LogP contribution in [0.15, 0.2) is 42.5 Å². The first kappa shape index (κ1) is 25.3. The summed E-state index contributed by atoms with van der Waals surface area (Å²) in [6.07, 6.45) is 3.90. The number of aliphatic hydroxyl groups excluding tert-OH is 1. The molecule has 5 nitrogen and oxygen atoms in total. The average molecular weight is 488 g/mol. The number of rotatable bonds is 9. The molecule has 0 saturated carbocycles. The van der Waals surface area contributed by atoms with Gasteiger partial charge in [0.05, 0.1) is 23.0 Å². The molecule has 3 rings (SSSR count). The number of aromatic nitrogens is 2. The summed E-state index contributed by atoms with van der Waals surface area (Å²) in [5.41, 5.74) is 3.88. The van der Waals surface area contributed by atoms with Crippen molar-refractivity contribution in [2.75, 3.05) is 7.05 Å². The van der Waals surface area contributed by atoms with Crippen molar-refractivity contribution < 1.29 is 9.90 Å². The Kier molecular flexibility index (Phi) is 8.57. The summed E-state index contributed by atoms with van der Waals surface area (Å²) in [6, 6.07) is 13.1. The van der Waals surface area contributed by atoms with Gasteiger partial charge in [-0.05, 0) is 38.0 Å². The van der Waals surface area contributed by atoms with E-state index in [-0.39, 0.29) is 24.2 Å². The van der Waals surface area contributed by atoms with Gasteiger partial charge < -0.3 is 10.0 Å². The standard InChI is InChI=1S/C26H31Cl2N3O2/c1-5-7-8-20(6-2)30(4)26(33)24-21(16-32)25(18-11-9-17(3)10-12-18)31(29-24)23-14-13-19(27)15-22(23)28/h9-15,20,32H,5-8,16H2,1-4H3. The van der Waals surface area contributed by atoms with Crippen LogP contribution in [0, 0.1) is 6.92 Å². The number of unbranched alkanes of at least 4 members (excludes halogenated alkanes) is 1. The second kappa shape index (κ2) is 11.2. The van der Waals surface area contributed by atoms with Crippen LogP contribution in [0.3, 0.4) is 0 Å². The Bertz CT molecular complexity index is 1110. The number of hydrogen-bond acceptors (Lipinski definition) is 3. The Balaban J connectivity index is 2.19. The zero-order chi connectivity index (χ0) is 24.1. The van der Waals surface area contributed by atoms with E-state index in [1.54, 1.807) is 27.8 Å². The van der Waals surface area contributed by atoms with Gasteiger partial charge in [-0.25, -0.2) is 4.68 Å². The fraction of sp³-hybridized carbons (Fsp3) is 0.385. The van der Waals surface area contributed by atoms with E-state index >= 15 is 0 Å². The van der Waals surface area contributed by atoms with E-state index in [0.29, 0.717) is 27.0 Å². The van der Waals surface area contributed by atoms with E-state index in [1.807, 2.05) is 38.2 Å². The summed E-state index contributed by atoms with van der Waals surface area (Å²) in [6.45, 7) is 5.91. The van der Waals surface area contributed by atoms with Crippen LogP contribution < -0.4 is 0 Å². The molecular formula is C26H31Cl2N3O2. The zero-order valence-electron chi connectivity index (χ0n) is 19.6. The Morgan fingerprint density at radius 2 is 1.85 bits per heavy atom. The molecule has 3 aromatic rings. The third-order valence-electron chi connectivity index (χ3n) is 6.04. The number of aliphatic hydroxyl groups is 1. The summed E-state index contributed by atoms with van der Waals surface area (Å²) in [7, 11) is 1.81. The van der Waals surface area contributed by atoms with E-state index in [9.17, 15) is 9.90 Å². The summed E-state index contributed by atoms with van der Waals surface area (Å²) >= 11 is 12.6. The number of benzene rings is 2. The van der Waals surface area contributed by atoms with Crippen molar-refractivity contribution in [1.29, 1.82) is 0 Å². The molecule has 7 heteroatoms. The van der Waals surface area contributed by atoms with Gasteiger partial charge in [0, 0.05) is 29.2 Å². The molecule has 176 valence electrons. The minimum absolute atomic E-state index is 0.107. The second-order valence-corrected chi connectivity index (χ2v) is 9.17. The number of carbonyl (C=O) groups is 1. The lowest BCUT2D eigenvalue weighted by molar-refractivity contribution is 0.0708. The molecule has 2 aromatic carbocycles. The smallest absolute Gasteiger partial charge is 0.274 e. The fourth-order valence-electron chi connectivity index (χ4n) is 4.05. The first-order valence-electron chi connectivity index (χ1n) is 11.3. The molecule has 0 fully saturated rings. The molecule has 0 saturated heterocycles. The summed E-state index contributed by atoms with van der Waals surface area (Å²) < 4.78 is 1.64. The number of amides is 1. The van der Waals surface area contributed by atoms with E-state index < -0.39 is 0 Å². The van der Waals surface area contributed by atoms with Gasteiger partial charge >= 0.3 is 0 Å². The Labute approximate surface area is 205 Å². The molecule has 1 heterocycles. The van der Waals surface area contributed by atoms with Crippen LogP contribution in [-0.4, -0.2) is 38.8 Å². The van der Waals surface area contributed by atoms with Crippen LogP contribution in [0.5, 0.6) is 0 Å². The van der Waals surface area contributed by atoms with Gasteiger partial charge in [-0.3, -0.25) is 4.79 Å². The maximum atomic E-state index is 13.6. The van der Waals surface area contributed by atoms with E-state index in [1.165, 1.54) is 0 Å². The molecule has 0 aliphatic rings. The average Bonchev–Trinajstić information content (AvgIpc) is 3.18. The predicted molar refractivity (Wildman–Crippen MR) is 135 cm³/mol. The maximum absolute atomic E-state index is 13.6. The van der Waals surface area contributed by atoms with Crippen LogP contribution in [0.1, 0.15) is 61.1 Å². The largest absolute Gasteiger partial charge is 0.392 e. The lowest BCUT2D eigenvalue weighted by Gasteiger charge is -2.27. The topological polar surface area (TPSA) is 58.4 Å². The Hall–Kier alpha value is -2.34. The van der Waals surface area contributed by atoms with Gasteiger partial charge in [0.2, 0.25) is 0 Å². The normalized spacial score (nSPS) is 12.1. The molecule has 0 radical (unpaired) electrons. The van der Waals surface area contributed by atoms with Crippen LogP contribution in [-0.2, 0) is 6.61 Å². The number of halogens is 2. The molecule has 0 spiro atoms. The molecule has 0 bridgehead atoms. The lowest BCUT2D eigenvalue weighted by Crippen LogP contribution is -2.37. The molecule has 1 amide bonds.